The molecule has 1 aliphatic rings. The van der Waals surface area contributed by atoms with Gasteiger partial charge >= 0.3 is 12.1 Å². The molecule has 0 atom stereocenters. The van der Waals surface area contributed by atoms with E-state index in [-0.39, 0.29) is 13.0 Å². The van der Waals surface area contributed by atoms with Crippen molar-refractivity contribution >= 4 is 17.7 Å². The van der Waals surface area contributed by atoms with Crippen LogP contribution in [0.1, 0.15) is 11.1 Å². The zero-order valence-electron chi connectivity index (χ0n) is 10.5. The molecule has 0 saturated carbocycles. The fourth-order valence-corrected chi connectivity index (χ4v) is 2.14. The molecule has 5 nitrogen and oxygen atoms in total. The Bertz CT molecular complexity index is 524. The maximum absolute atomic E-state index is 11.8. The van der Waals surface area contributed by atoms with Crippen molar-refractivity contribution in [2.24, 2.45) is 0 Å². The Balaban J connectivity index is 2.14. The Kier molecular flexibility index (Phi) is 3.85. The van der Waals surface area contributed by atoms with Crippen LogP contribution in [0.25, 0.3) is 0 Å². The summed E-state index contributed by atoms with van der Waals surface area (Å²) >= 11 is 0. The molecule has 1 aromatic carbocycles. The molecule has 5 heteroatoms. The molecule has 0 aromatic heterocycles. The number of fused-ring (bicyclic) bond motifs is 1. The zero-order chi connectivity index (χ0) is 13.8. The summed E-state index contributed by atoms with van der Waals surface area (Å²) < 4.78 is 5.00. The number of amides is 1. The van der Waals surface area contributed by atoms with Gasteiger partial charge in [0.2, 0.25) is 0 Å². The summed E-state index contributed by atoms with van der Waals surface area (Å²) in [6.07, 6.45) is 1.83. The lowest BCUT2D eigenvalue weighted by molar-refractivity contribution is -0.136. The van der Waals surface area contributed by atoms with Gasteiger partial charge in [-0.3, -0.25) is 9.69 Å². The molecular weight excluding hydrogens is 246 g/mol. The normalized spacial score (nSPS) is 12.9. The van der Waals surface area contributed by atoms with E-state index in [0.717, 1.165) is 16.8 Å². The van der Waals surface area contributed by atoms with Crippen LogP contribution < -0.4 is 4.90 Å². The molecule has 0 bridgehead atoms. The highest BCUT2D eigenvalue weighted by Crippen LogP contribution is 2.29. The minimum Gasteiger partial charge on any atom is -0.481 e. The maximum Gasteiger partial charge on any atom is 0.414 e. The molecule has 19 heavy (non-hydrogen) atoms. The van der Waals surface area contributed by atoms with E-state index in [4.69, 9.17) is 9.84 Å². The number of anilines is 1. The standard InChI is InChI=1S/C14H15NO4/c1-2-7-19-14(18)15-6-5-11-8-10(9-13(16)17)3-4-12(11)15/h2-4,8H,1,5-7,9H2,(H,16,17). The van der Waals surface area contributed by atoms with Crippen LogP contribution in [0.5, 0.6) is 0 Å². The third-order valence-corrected chi connectivity index (χ3v) is 2.94. The number of carbonyl (C=O) groups is 2. The van der Waals surface area contributed by atoms with Crippen LogP contribution in [-0.4, -0.2) is 30.3 Å². The second kappa shape index (κ2) is 5.56. The summed E-state index contributed by atoms with van der Waals surface area (Å²) in [5, 5.41) is 8.76. The summed E-state index contributed by atoms with van der Waals surface area (Å²) in [5.41, 5.74) is 2.52. The Morgan fingerprint density at radius 3 is 2.95 bits per heavy atom. The van der Waals surface area contributed by atoms with Crippen molar-refractivity contribution in [3.63, 3.8) is 0 Å². The van der Waals surface area contributed by atoms with Gasteiger partial charge in [-0.2, -0.15) is 0 Å². The number of carboxylic acids is 1. The average molecular weight is 261 g/mol. The minimum absolute atomic E-state index is 0.00576. The summed E-state index contributed by atoms with van der Waals surface area (Å²) in [5.74, 6) is -0.861. The highest BCUT2D eigenvalue weighted by molar-refractivity contribution is 5.90. The molecule has 0 spiro atoms. The largest absolute Gasteiger partial charge is 0.481 e. The van der Waals surface area contributed by atoms with Crippen molar-refractivity contribution < 1.29 is 19.4 Å². The van der Waals surface area contributed by atoms with E-state index in [0.29, 0.717) is 13.0 Å². The summed E-state index contributed by atoms with van der Waals surface area (Å²) in [6.45, 7) is 4.23. The third kappa shape index (κ3) is 2.93. The van der Waals surface area contributed by atoms with Gasteiger partial charge in [0.25, 0.3) is 0 Å². The maximum atomic E-state index is 11.8. The van der Waals surface area contributed by atoms with Crippen molar-refractivity contribution in [1.29, 1.82) is 0 Å². The molecule has 2 rings (SSSR count). The molecule has 0 saturated heterocycles. The van der Waals surface area contributed by atoms with Gasteiger partial charge in [-0.25, -0.2) is 4.79 Å². The molecular formula is C14H15NO4. The predicted molar refractivity (Wildman–Crippen MR) is 70.4 cm³/mol. The van der Waals surface area contributed by atoms with Crippen LogP contribution in [0.4, 0.5) is 10.5 Å². The second-order valence-electron chi connectivity index (χ2n) is 4.30. The van der Waals surface area contributed by atoms with E-state index in [2.05, 4.69) is 6.58 Å². The predicted octanol–water partition coefficient (Wildman–Crippen LogP) is 2.00. The second-order valence-corrected chi connectivity index (χ2v) is 4.30. The number of carbonyl (C=O) groups excluding carboxylic acids is 1. The summed E-state index contributed by atoms with van der Waals surface area (Å²) in [6, 6.07) is 5.34. The molecule has 0 aliphatic carbocycles. The van der Waals surface area contributed by atoms with Crippen molar-refractivity contribution in [3.8, 4) is 0 Å². The van der Waals surface area contributed by atoms with Crippen molar-refractivity contribution in [2.45, 2.75) is 12.8 Å². The first kappa shape index (κ1) is 13.1. The molecule has 1 N–H and O–H groups in total. The first-order valence-corrected chi connectivity index (χ1v) is 6.00. The van der Waals surface area contributed by atoms with Gasteiger partial charge in [0.1, 0.15) is 6.61 Å². The first-order valence-electron chi connectivity index (χ1n) is 6.00. The number of carboxylic acid groups (broad SMARTS) is 1. The fourth-order valence-electron chi connectivity index (χ4n) is 2.14. The van der Waals surface area contributed by atoms with Crippen molar-refractivity contribution in [3.05, 3.63) is 42.0 Å². The molecule has 1 amide bonds. The molecule has 0 radical (unpaired) electrons. The Morgan fingerprint density at radius 2 is 2.26 bits per heavy atom. The lowest BCUT2D eigenvalue weighted by Crippen LogP contribution is -2.29. The SMILES string of the molecule is C=CCOC(=O)N1CCc2cc(CC(=O)O)ccc21. The molecule has 1 aliphatic heterocycles. The van der Waals surface area contributed by atoms with E-state index in [1.54, 1.807) is 17.0 Å². The molecule has 1 heterocycles. The fraction of sp³-hybridized carbons (Fsp3) is 0.286. The number of ether oxygens (including phenoxy) is 1. The molecule has 100 valence electrons. The minimum atomic E-state index is -0.861. The van der Waals surface area contributed by atoms with Gasteiger partial charge in [0.05, 0.1) is 12.1 Å². The number of aliphatic carboxylic acids is 1. The summed E-state index contributed by atoms with van der Waals surface area (Å²) in [7, 11) is 0. The number of hydrogen-bond acceptors (Lipinski definition) is 3. The van der Waals surface area contributed by atoms with Crippen LogP contribution in [0.2, 0.25) is 0 Å². The molecule has 1 aromatic rings. The number of hydrogen-bond donors (Lipinski definition) is 1. The lowest BCUT2D eigenvalue weighted by Gasteiger charge is -2.16. The van der Waals surface area contributed by atoms with E-state index in [1.807, 2.05) is 6.07 Å². The van der Waals surface area contributed by atoms with Crippen LogP contribution >= 0.6 is 0 Å². The highest BCUT2D eigenvalue weighted by Gasteiger charge is 2.25. The van der Waals surface area contributed by atoms with E-state index in [9.17, 15) is 9.59 Å². The monoisotopic (exact) mass is 261 g/mol. The summed E-state index contributed by atoms with van der Waals surface area (Å²) in [4.78, 5) is 24.0. The van der Waals surface area contributed by atoms with Gasteiger partial charge in [-0.1, -0.05) is 24.8 Å². The van der Waals surface area contributed by atoms with Crippen LogP contribution in [0.15, 0.2) is 30.9 Å². The van der Waals surface area contributed by atoms with E-state index in [1.165, 1.54) is 6.08 Å². The van der Waals surface area contributed by atoms with Crippen LogP contribution in [0.3, 0.4) is 0 Å². The number of nitrogens with zero attached hydrogens (tertiary/aromatic N) is 1. The molecule has 0 unspecified atom stereocenters. The van der Waals surface area contributed by atoms with Gasteiger partial charge in [0.15, 0.2) is 0 Å². The van der Waals surface area contributed by atoms with Crippen molar-refractivity contribution in [2.75, 3.05) is 18.1 Å². The Labute approximate surface area is 111 Å². The number of rotatable bonds is 4. The Morgan fingerprint density at radius 1 is 1.47 bits per heavy atom. The average Bonchev–Trinajstić information content (AvgIpc) is 2.78. The lowest BCUT2D eigenvalue weighted by atomic mass is 10.1. The first-order chi connectivity index (χ1) is 9.11. The Hall–Kier alpha value is -2.30. The van der Waals surface area contributed by atoms with Gasteiger partial charge in [0, 0.05) is 6.54 Å². The van der Waals surface area contributed by atoms with Gasteiger partial charge in [-0.05, 0) is 23.6 Å². The van der Waals surface area contributed by atoms with E-state index >= 15 is 0 Å². The zero-order valence-corrected chi connectivity index (χ0v) is 10.5. The van der Waals surface area contributed by atoms with Gasteiger partial charge < -0.3 is 9.84 Å². The van der Waals surface area contributed by atoms with E-state index < -0.39 is 12.1 Å². The van der Waals surface area contributed by atoms with Crippen molar-refractivity contribution in [1.82, 2.24) is 0 Å². The quantitative estimate of drug-likeness (QED) is 0.842. The number of benzene rings is 1. The van der Waals surface area contributed by atoms with Gasteiger partial charge in [-0.15, -0.1) is 0 Å². The highest BCUT2D eigenvalue weighted by atomic mass is 16.6. The van der Waals surface area contributed by atoms with Crippen LogP contribution in [-0.2, 0) is 22.4 Å². The molecule has 0 fully saturated rings. The van der Waals surface area contributed by atoms with Crippen LogP contribution in [0, 0.1) is 0 Å². The third-order valence-electron chi connectivity index (χ3n) is 2.94. The topological polar surface area (TPSA) is 66.8 Å². The smallest absolute Gasteiger partial charge is 0.414 e.